The summed E-state index contributed by atoms with van der Waals surface area (Å²) in [5.74, 6) is 0.991. The molecule has 4 nitrogen and oxygen atoms in total. The molecule has 0 aliphatic carbocycles. The zero-order chi connectivity index (χ0) is 12.3. The van der Waals surface area contributed by atoms with Crippen molar-refractivity contribution in [1.82, 2.24) is 4.90 Å². The normalized spacial score (nSPS) is 27.4. The van der Waals surface area contributed by atoms with Crippen LogP contribution in [0.5, 0.6) is 0 Å². The molecule has 5 heteroatoms. The van der Waals surface area contributed by atoms with Gasteiger partial charge in [-0.2, -0.15) is 0 Å². The molecule has 0 aromatic carbocycles. The maximum atomic E-state index is 12.2. The van der Waals surface area contributed by atoms with Gasteiger partial charge in [-0.15, -0.1) is 12.4 Å². The topological polar surface area (TPSA) is 55.6 Å². The third kappa shape index (κ3) is 3.84. The molecule has 0 aromatic heterocycles. The molecule has 106 valence electrons. The Hall–Kier alpha value is -0.320. The van der Waals surface area contributed by atoms with E-state index in [0.717, 1.165) is 45.4 Å². The fraction of sp³-hybridized carbons (Fsp3) is 0.923. The van der Waals surface area contributed by atoms with Gasteiger partial charge in [-0.05, 0) is 38.5 Å². The van der Waals surface area contributed by atoms with Crippen molar-refractivity contribution < 1.29 is 9.53 Å². The lowest BCUT2D eigenvalue weighted by Gasteiger charge is -2.36. The number of rotatable bonds is 2. The van der Waals surface area contributed by atoms with Crippen LogP contribution in [0.3, 0.4) is 0 Å². The van der Waals surface area contributed by atoms with Gasteiger partial charge >= 0.3 is 0 Å². The third-order valence-electron chi connectivity index (χ3n) is 4.10. The van der Waals surface area contributed by atoms with E-state index in [1.807, 2.05) is 4.90 Å². The van der Waals surface area contributed by atoms with Crippen LogP contribution in [0.2, 0.25) is 0 Å². The first kappa shape index (κ1) is 15.7. The van der Waals surface area contributed by atoms with Crippen molar-refractivity contribution in [3.8, 4) is 0 Å². The highest BCUT2D eigenvalue weighted by Gasteiger charge is 2.30. The lowest BCUT2D eigenvalue weighted by atomic mass is 9.90. The van der Waals surface area contributed by atoms with Gasteiger partial charge in [0.15, 0.2) is 0 Å². The van der Waals surface area contributed by atoms with Crippen molar-refractivity contribution in [3.63, 3.8) is 0 Å². The van der Waals surface area contributed by atoms with Gasteiger partial charge < -0.3 is 15.4 Å². The molecule has 2 unspecified atom stereocenters. The van der Waals surface area contributed by atoms with Crippen LogP contribution in [-0.2, 0) is 9.53 Å². The second-order valence-electron chi connectivity index (χ2n) is 5.44. The van der Waals surface area contributed by atoms with Gasteiger partial charge in [0, 0.05) is 25.7 Å². The standard InChI is InChI=1S/C13H24N2O2.ClH/c1-10(14)11-4-6-15(7-5-11)13(16)12-3-2-8-17-9-12;/h10-12H,2-9,14H2,1H3;1H. The van der Waals surface area contributed by atoms with Gasteiger partial charge in [-0.3, -0.25) is 4.79 Å². The number of nitrogens with two attached hydrogens (primary N) is 1. The van der Waals surface area contributed by atoms with Crippen molar-refractivity contribution in [2.45, 2.75) is 38.6 Å². The molecule has 2 atom stereocenters. The lowest BCUT2D eigenvalue weighted by molar-refractivity contribution is -0.141. The van der Waals surface area contributed by atoms with E-state index in [4.69, 9.17) is 10.5 Å². The Morgan fingerprint density at radius 3 is 2.50 bits per heavy atom. The Morgan fingerprint density at radius 1 is 1.33 bits per heavy atom. The molecule has 2 fully saturated rings. The molecule has 2 aliphatic rings. The number of carbonyl (C=O) groups excluding carboxylic acids is 1. The summed E-state index contributed by atoms with van der Waals surface area (Å²) < 4.78 is 5.39. The second-order valence-corrected chi connectivity index (χ2v) is 5.44. The number of hydrogen-bond donors (Lipinski definition) is 1. The molecule has 2 heterocycles. The monoisotopic (exact) mass is 276 g/mol. The van der Waals surface area contributed by atoms with Crippen LogP contribution in [0.25, 0.3) is 0 Å². The number of piperidine rings is 1. The maximum absolute atomic E-state index is 12.2. The van der Waals surface area contributed by atoms with Crippen molar-refractivity contribution in [3.05, 3.63) is 0 Å². The Kier molecular flexibility index (Phi) is 6.39. The smallest absolute Gasteiger partial charge is 0.228 e. The van der Waals surface area contributed by atoms with E-state index in [0.29, 0.717) is 18.4 Å². The van der Waals surface area contributed by atoms with E-state index < -0.39 is 0 Å². The first-order valence-electron chi connectivity index (χ1n) is 6.80. The van der Waals surface area contributed by atoms with E-state index in [1.54, 1.807) is 0 Å². The van der Waals surface area contributed by atoms with E-state index in [2.05, 4.69) is 6.92 Å². The summed E-state index contributed by atoms with van der Waals surface area (Å²) >= 11 is 0. The van der Waals surface area contributed by atoms with Gasteiger partial charge in [-0.25, -0.2) is 0 Å². The summed E-state index contributed by atoms with van der Waals surface area (Å²) in [6.45, 7) is 5.25. The Labute approximate surface area is 116 Å². The quantitative estimate of drug-likeness (QED) is 0.830. The van der Waals surface area contributed by atoms with Crippen LogP contribution in [0.1, 0.15) is 32.6 Å². The molecule has 1 amide bonds. The average Bonchev–Trinajstić information content (AvgIpc) is 2.39. The van der Waals surface area contributed by atoms with Gasteiger partial charge in [0.25, 0.3) is 0 Å². The maximum Gasteiger partial charge on any atom is 0.228 e. The lowest BCUT2D eigenvalue weighted by Crippen LogP contribution is -2.46. The van der Waals surface area contributed by atoms with Gasteiger partial charge in [-0.1, -0.05) is 0 Å². The molecular formula is C13H25ClN2O2. The molecule has 2 saturated heterocycles. The van der Waals surface area contributed by atoms with Gasteiger partial charge in [0.2, 0.25) is 5.91 Å². The number of likely N-dealkylation sites (tertiary alicyclic amines) is 1. The van der Waals surface area contributed by atoms with E-state index in [1.165, 1.54) is 0 Å². The predicted molar refractivity (Wildman–Crippen MR) is 73.7 cm³/mol. The Balaban J connectivity index is 0.00000162. The first-order chi connectivity index (χ1) is 8.18. The molecule has 0 aromatic rings. The van der Waals surface area contributed by atoms with Crippen LogP contribution in [0.4, 0.5) is 0 Å². The summed E-state index contributed by atoms with van der Waals surface area (Å²) in [5.41, 5.74) is 5.91. The first-order valence-corrected chi connectivity index (χ1v) is 6.80. The number of amides is 1. The summed E-state index contributed by atoms with van der Waals surface area (Å²) in [4.78, 5) is 14.3. The second kappa shape index (κ2) is 7.31. The van der Waals surface area contributed by atoms with Crippen LogP contribution in [0, 0.1) is 11.8 Å². The van der Waals surface area contributed by atoms with Crippen molar-refractivity contribution in [2.75, 3.05) is 26.3 Å². The molecular weight excluding hydrogens is 252 g/mol. The number of halogens is 1. The zero-order valence-corrected chi connectivity index (χ0v) is 12.0. The van der Waals surface area contributed by atoms with E-state index in [9.17, 15) is 4.79 Å². The van der Waals surface area contributed by atoms with Crippen molar-refractivity contribution in [1.29, 1.82) is 0 Å². The fourth-order valence-electron chi connectivity index (χ4n) is 2.84. The highest BCUT2D eigenvalue weighted by molar-refractivity contribution is 5.85. The van der Waals surface area contributed by atoms with Crippen LogP contribution >= 0.6 is 12.4 Å². The molecule has 18 heavy (non-hydrogen) atoms. The molecule has 2 rings (SSSR count). The van der Waals surface area contributed by atoms with Gasteiger partial charge in [0.1, 0.15) is 0 Å². The summed E-state index contributed by atoms with van der Waals surface area (Å²) in [6, 6.07) is 0.255. The number of nitrogens with zero attached hydrogens (tertiary/aromatic N) is 1. The minimum Gasteiger partial charge on any atom is -0.381 e. The molecule has 0 radical (unpaired) electrons. The Bertz CT molecular complexity index is 260. The predicted octanol–water partition coefficient (Wildman–Crippen LogP) is 1.42. The van der Waals surface area contributed by atoms with Gasteiger partial charge in [0.05, 0.1) is 12.5 Å². The third-order valence-corrected chi connectivity index (χ3v) is 4.10. The minimum atomic E-state index is 0. The van der Waals surface area contributed by atoms with Crippen LogP contribution < -0.4 is 5.73 Å². The van der Waals surface area contributed by atoms with Crippen LogP contribution in [-0.4, -0.2) is 43.2 Å². The molecule has 0 spiro atoms. The van der Waals surface area contributed by atoms with E-state index in [-0.39, 0.29) is 24.4 Å². The zero-order valence-electron chi connectivity index (χ0n) is 11.1. The fourth-order valence-corrected chi connectivity index (χ4v) is 2.84. The Morgan fingerprint density at radius 2 is 2.00 bits per heavy atom. The summed E-state index contributed by atoms with van der Waals surface area (Å²) in [5, 5.41) is 0. The summed E-state index contributed by atoms with van der Waals surface area (Å²) in [7, 11) is 0. The van der Waals surface area contributed by atoms with Crippen LogP contribution in [0.15, 0.2) is 0 Å². The highest BCUT2D eigenvalue weighted by atomic mass is 35.5. The SMILES string of the molecule is CC(N)C1CCN(C(=O)C2CCCOC2)CC1.Cl. The molecule has 0 saturated carbocycles. The molecule has 2 N–H and O–H groups in total. The number of carbonyl (C=O) groups is 1. The minimum absolute atomic E-state index is 0. The molecule has 2 aliphatic heterocycles. The van der Waals surface area contributed by atoms with Crippen molar-refractivity contribution in [2.24, 2.45) is 17.6 Å². The largest absolute Gasteiger partial charge is 0.381 e. The summed E-state index contributed by atoms with van der Waals surface area (Å²) in [6.07, 6.45) is 4.12. The average molecular weight is 277 g/mol. The number of hydrogen-bond acceptors (Lipinski definition) is 3. The number of ether oxygens (including phenoxy) is 1. The van der Waals surface area contributed by atoms with Crippen molar-refractivity contribution >= 4 is 18.3 Å². The molecule has 0 bridgehead atoms. The van der Waals surface area contributed by atoms with E-state index >= 15 is 0 Å². The highest BCUT2D eigenvalue weighted by Crippen LogP contribution is 2.23.